The lowest BCUT2D eigenvalue weighted by Crippen LogP contribution is -2.43. The van der Waals surface area contributed by atoms with Gasteiger partial charge in [-0.2, -0.15) is 0 Å². The van der Waals surface area contributed by atoms with Gasteiger partial charge in [0.2, 0.25) is 0 Å². The third-order valence-electron chi connectivity index (χ3n) is 3.34. The van der Waals surface area contributed by atoms with E-state index in [0.29, 0.717) is 5.75 Å². The van der Waals surface area contributed by atoms with E-state index in [1.54, 1.807) is 0 Å². The van der Waals surface area contributed by atoms with Crippen LogP contribution in [-0.2, 0) is 6.54 Å². The molecule has 1 aliphatic rings. The van der Waals surface area contributed by atoms with Crippen LogP contribution in [0.4, 0.5) is 0 Å². The number of piperazine rings is 1. The van der Waals surface area contributed by atoms with Crippen molar-refractivity contribution in [2.24, 2.45) is 0 Å². The predicted octanol–water partition coefficient (Wildman–Crippen LogP) is 2.18. The summed E-state index contributed by atoms with van der Waals surface area (Å²) in [5.41, 5.74) is 3.30. The molecule has 17 heavy (non-hydrogen) atoms. The Balaban J connectivity index is 2.22. The molecule has 1 saturated heterocycles. The number of nitrogens with zero attached hydrogens (tertiary/aromatic N) is 1. The van der Waals surface area contributed by atoms with Gasteiger partial charge in [-0.25, -0.2) is 0 Å². The SMILES string of the molecule is Cc1cc(C)c(CN2CCNCC2)c(O)c1Br. The number of phenolic OH excluding ortho intramolecular Hbond substituents is 1. The summed E-state index contributed by atoms with van der Waals surface area (Å²) in [5.74, 6) is 0.404. The Hall–Kier alpha value is -0.580. The van der Waals surface area contributed by atoms with E-state index < -0.39 is 0 Å². The number of aromatic hydroxyl groups is 1. The summed E-state index contributed by atoms with van der Waals surface area (Å²) >= 11 is 3.45. The predicted molar refractivity (Wildman–Crippen MR) is 73.4 cm³/mol. The van der Waals surface area contributed by atoms with Gasteiger partial charge in [-0.3, -0.25) is 4.90 Å². The van der Waals surface area contributed by atoms with Gasteiger partial charge in [0.25, 0.3) is 0 Å². The van der Waals surface area contributed by atoms with Gasteiger partial charge in [-0.15, -0.1) is 0 Å². The molecule has 1 heterocycles. The maximum Gasteiger partial charge on any atom is 0.134 e. The molecular weight excluding hydrogens is 280 g/mol. The summed E-state index contributed by atoms with van der Waals surface area (Å²) in [7, 11) is 0. The van der Waals surface area contributed by atoms with E-state index in [9.17, 15) is 5.11 Å². The summed E-state index contributed by atoms with van der Waals surface area (Å²) in [4.78, 5) is 2.38. The largest absolute Gasteiger partial charge is 0.506 e. The van der Waals surface area contributed by atoms with Gasteiger partial charge in [-0.05, 0) is 40.9 Å². The fraction of sp³-hybridized carbons (Fsp3) is 0.538. The molecule has 0 radical (unpaired) electrons. The topological polar surface area (TPSA) is 35.5 Å². The second-order valence-electron chi connectivity index (χ2n) is 4.68. The molecule has 2 rings (SSSR count). The molecule has 0 amide bonds. The number of benzene rings is 1. The number of rotatable bonds is 2. The summed E-state index contributed by atoms with van der Waals surface area (Å²) in [6.07, 6.45) is 0. The van der Waals surface area contributed by atoms with Gasteiger partial charge in [0.05, 0.1) is 4.47 Å². The fourth-order valence-corrected chi connectivity index (χ4v) is 2.63. The zero-order valence-electron chi connectivity index (χ0n) is 10.4. The highest BCUT2D eigenvalue weighted by Gasteiger charge is 2.16. The van der Waals surface area contributed by atoms with E-state index >= 15 is 0 Å². The molecule has 0 aliphatic carbocycles. The van der Waals surface area contributed by atoms with Crippen molar-refractivity contribution in [3.63, 3.8) is 0 Å². The number of aryl methyl sites for hydroxylation is 2. The summed E-state index contributed by atoms with van der Waals surface area (Å²) in [6, 6.07) is 2.13. The van der Waals surface area contributed by atoms with Crippen LogP contribution in [0.5, 0.6) is 5.75 Å². The highest BCUT2D eigenvalue weighted by Crippen LogP contribution is 2.34. The molecule has 1 aromatic rings. The molecule has 0 atom stereocenters. The van der Waals surface area contributed by atoms with Crippen molar-refractivity contribution in [2.45, 2.75) is 20.4 Å². The van der Waals surface area contributed by atoms with Crippen LogP contribution < -0.4 is 5.32 Å². The minimum atomic E-state index is 0.404. The molecule has 1 aromatic carbocycles. The van der Waals surface area contributed by atoms with Gasteiger partial charge < -0.3 is 10.4 Å². The van der Waals surface area contributed by atoms with Crippen LogP contribution in [0.2, 0.25) is 0 Å². The lowest BCUT2D eigenvalue weighted by atomic mass is 10.0. The Morgan fingerprint density at radius 1 is 1.29 bits per heavy atom. The third-order valence-corrected chi connectivity index (χ3v) is 4.34. The van der Waals surface area contributed by atoms with Crippen LogP contribution in [0, 0.1) is 13.8 Å². The minimum Gasteiger partial charge on any atom is -0.506 e. The summed E-state index contributed by atoms with van der Waals surface area (Å²) in [6.45, 7) is 9.06. The molecule has 1 aliphatic heterocycles. The van der Waals surface area contributed by atoms with Crippen LogP contribution in [0.3, 0.4) is 0 Å². The average Bonchev–Trinajstić information content (AvgIpc) is 2.33. The standard InChI is InChI=1S/C13H19BrN2O/c1-9-7-10(2)12(14)13(17)11(9)8-16-5-3-15-4-6-16/h7,15,17H,3-6,8H2,1-2H3. The van der Waals surface area contributed by atoms with Gasteiger partial charge in [0.1, 0.15) is 5.75 Å². The number of hydrogen-bond acceptors (Lipinski definition) is 3. The lowest BCUT2D eigenvalue weighted by Gasteiger charge is -2.28. The molecule has 0 unspecified atom stereocenters. The van der Waals surface area contributed by atoms with E-state index in [1.807, 2.05) is 6.92 Å². The molecule has 94 valence electrons. The maximum absolute atomic E-state index is 10.2. The van der Waals surface area contributed by atoms with Crippen LogP contribution in [0.25, 0.3) is 0 Å². The lowest BCUT2D eigenvalue weighted by molar-refractivity contribution is 0.230. The quantitative estimate of drug-likeness (QED) is 0.878. The molecular formula is C13H19BrN2O. The molecule has 0 saturated carbocycles. The molecule has 3 nitrogen and oxygen atoms in total. The monoisotopic (exact) mass is 298 g/mol. The molecule has 0 spiro atoms. The zero-order chi connectivity index (χ0) is 12.4. The van der Waals surface area contributed by atoms with Crippen LogP contribution in [0.1, 0.15) is 16.7 Å². The maximum atomic E-state index is 10.2. The second-order valence-corrected chi connectivity index (χ2v) is 5.47. The van der Waals surface area contributed by atoms with Crippen LogP contribution in [-0.4, -0.2) is 36.2 Å². The minimum absolute atomic E-state index is 0.404. The molecule has 2 N–H and O–H groups in total. The van der Waals surface area contributed by atoms with Gasteiger partial charge in [0.15, 0.2) is 0 Å². The Kier molecular flexibility index (Phi) is 4.07. The summed E-state index contributed by atoms with van der Waals surface area (Å²) in [5, 5.41) is 13.5. The van der Waals surface area contributed by atoms with E-state index in [1.165, 1.54) is 5.56 Å². The van der Waals surface area contributed by atoms with Crippen molar-refractivity contribution in [3.05, 3.63) is 27.2 Å². The van der Waals surface area contributed by atoms with Crippen LogP contribution >= 0.6 is 15.9 Å². The second kappa shape index (κ2) is 5.38. The Morgan fingerprint density at radius 3 is 2.59 bits per heavy atom. The highest BCUT2D eigenvalue weighted by molar-refractivity contribution is 9.10. The van der Waals surface area contributed by atoms with Crippen LogP contribution in [0.15, 0.2) is 10.5 Å². The molecule has 4 heteroatoms. The number of halogens is 1. The number of phenols is 1. The highest BCUT2D eigenvalue weighted by atomic mass is 79.9. The Labute approximate surface area is 111 Å². The van der Waals surface area contributed by atoms with Crippen molar-refractivity contribution in [1.29, 1.82) is 0 Å². The number of nitrogens with one attached hydrogen (secondary N) is 1. The molecule has 1 fully saturated rings. The van der Waals surface area contributed by atoms with Crippen molar-refractivity contribution < 1.29 is 5.11 Å². The Bertz CT molecular complexity index is 414. The first-order valence-corrected chi connectivity index (χ1v) is 6.79. The van der Waals surface area contributed by atoms with Crippen molar-refractivity contribution in [3.8, 4) is 5.75 Å². The van der Waals surface area contributed by atoms with Gasteiger partial charge in [0, 0.05) is 38.3 Å². The van der Waals surface area contributed by atoms with E-state index in [-0.39, 0.29) is 0 Å². The van der Waals surface area contributed by atoms with E-state index in [0.717, 1.165) is 48.3 Å². The molecule has 0 aromatic heterocycles. The first-order valence-electron chi connectivity index (χ1n) is 6.00. The molecule has 0 bridgehead atoms. The van der Waals surface area contributed by atoms with Gasteiger partial charge >= 0.3 is 0 Å². The zero-order valence-corrected chi connectivity index (χ0v) is 12.0. The van der Waals surface area contributed by atoms with E-state index in [2.05, 4.69) is 39.1 Å². The van der Waals surface area contributed by atoms with Crippen molar-refractivity contribution in [1.82, 2.24) is 10.2 Å². The van der Waals surface area contributed by atoms with Crippen molar-refractivity contribution >= 4 is 15.9 Å². The third kappa shape index (κ3) is 2.81. The fourth-order valence-electron chi connectivity index (χ4n) is 2.27. The first kappa shape index (κ1) is 12.9. The average molecular weight is 299 g/mol. The smallest absolute Gasteiger partial charge is 0.134 e. The van der Waals surface area contributed by atoms with Gasteiger partial charge in [-0.1, -0.05) is 6.07 Å². The van der Waals surface area contributed by atoms with E-state index in [4.69, 9.17) is 0 Å². The van der Waals surface area contributed by atoms with Crippen molar-refractivity contribution in [2.75, 3.05) is 26.2 Å². The number of hydrogen-bond donors (Lipinski definition) is 2. The summed E-state index contributed by atoms with van der Waals surface area (Å²) < 4.78 is 0.827. The first-order chi connectivity index (χ1) is 8.09. The normalized spacial score (nSPS) is 17.4. The Morgan fingerprint density at radius 2 is 1.94 bits per heavy atom.